The van der Waals surface area contributed by atoms with E-state index in [1.165, 1.54) is 22.9 Å². The van der Waals surface area contributed by atoms with Crippen LogP contribution in [-0.4, -0.2) is 38.0 Å². The first-order chi connectivity index (χ1) is 16.3. The predicted molar refractivity (Wildman–Crippen MR) is 123 cm³/mol. The molecular weight excluding hydrogens is 491 g/mol. The van der Waals surface area contributed by atoms with Gasteiger partial charge in [-0.1, -0.05) is 23.2 Å². The summed E-state index contributed by atoms with van der Waals surface area (Å²) in [7, 11) is 0. The van der Waals surface area contributed by atoms with Crippen molar-refractivity contribution in [2.24, 2.45) is 0 Å². The van der Waals surface area contributed by atoms with E-state index in [0.29, 0.717) is 22.8 Å². The van der Waals surface area contributed by atoms with Crippen LogP contribution in [0.15, 0.2) is 53.6 Å². The first-order valence-electron chi connectivity index (χ1n) is 10.2. The van der Waals surface area contributed by atoms with Gasteiger partial charge in [0.05, 0.1) is 24.0 Å². The molecule has 9 nitrogen and oxygen atoms in total. The van der Waals surface area contributed by atoms with Crippen molar-refractivity contribution >= 4 is 39.9 Å². The number of aromatic nitrogens is 5. The molecule has 1 aromatic carbocycles. The average molecular weight is 511 g/mol. The van der Waals surface area contributed by atoms with E-state index in [9.17, 15) is 18.8 Å². The number of nitrogens with one attached hydrogen (secondary N) is 3. The fourth-order valence-corrected chi connectivity index (χ4v) is 3.76. The highest BCUT2D eigenvalue weighted by Gasteiger charge is 2.41. The molecule has 0 bridgehead atoms. The molecular formula is C21H20Cl2F2N7O2+. The molecule has 0 unspecified atom stereocenters. The Kier molecular flexibility index (Phi) is 6.96. The van der Waals surface area contributed by atoms with Gasteiger partial charge in [0.1, 0.15) is 5.15 Å². The lowest BCUT2D eigenvalue weighted by Gasteiger charge is -2.15. The van der Waals surface area contributed by atoms with Gasteiger partial charge in [0.15, 0.2) is 5.82 Å². The van der Waals surface area contributed by atoms with E-state index in [0.717, 1.165) is 28.9 Å². The quantitative estimate of drug-likeness (QED) is 0.156. The van der Waals surface area contributed by atoms with Crippen LogP contribution < -0.4 is 20.9 Å². The summed E-state index contributed by atoms with van der Waals surface area (Å²) < 4.78 is 30.6. The molecule has 0 fully saturated rings. The lowest BCUT2D eigenvalue weighted by Crippen LogP contribution is -2.43. The van der Waals surface area contributed by atoms with Crippen LogP contribution in [0.2, 0.25) is 10.2 Å². The Morgan fingerprint density at radius 2 is 2.06 bits per heavy atom. The molecule has 0 radical (unpaired) electrons. The van der Waals surface area contributed by atoms with E-state index in [1.54, 1.807) is 6.07 Å². The predicted octanol–water partition coefficient (Wildman–Crippen LogP) is 2.94. The normalized spacial score (nSPS) is 11.8. The Labute approximate surface area is 201 Å². The Balaban J connectivity index is 1.40. The lowest BCUT2D eigenvalue weighted by molar-refractivity contribution is -0.913. The zero-order chi connectivity index (χ0) is 24.3. The number of pyridine rings is 1. The number of anilines is 1. The molecule has 3 heterocycles. The second-order valence-electron chi connectivity index (χ2n) is 7.42. The van der Waals surface area contributed by atoms with E-state index >= 15 is 0 Å². The number of benzene rings is 1. The summed E-state index contributed by atoms with van der Waals surface area (Å²) in [6.45, 7) is 0.0152. The van der Waals surface area contributed by atoms with Crippen molar-refractivity contribution in [3.8, 4) is 0 Å². The second-order valence-corrected chi connectivity index (χ2v) is 8.24. The van der Waals surface area contributed by atoms with Crippen molar-refractivity contribution in [1.29, 1.82) is 0 Å². The van der Waals surface area contributed by atoms with Gasteiger partial charge in [0, 0.05) is 46.9 Å². The third kappa shape index (κ3) is 5.11. The number of halogens is 4. The minimum absolute atomic E-state index is 0.0686. The minimum Gasteiger partial charge on any atom is -0.359 e. The zero-order valence-corrected chi connectivity index (χ0v) is 19.1. The summed E-state index contributed by atoms with van der Waals surface area (Å²) in [6.07, 6.45) is 2.30. The Hall–Kier alpha value is -3.28. The van der Waals surface area contributed by atoms with Crippen LogP contribution in [0, 0.1) is 0 Å². The summed E-state index contributed by atoms with van der Waals surface area (Å²) in [5, 5.41) is 23.9. The summed E-state index contributed by atoms with van der Waals surface area (Å²) in [5.74, 6) is -3.75. The van der Waals surface area contributed by atoms with Crippen LogP contribution in [0.4, 0.5) is 14.6 Å². The van der Waals surface area contributed by atoms with Crippen molar-refractivity contribution in [3.63, 3.8) is 0 Å². The van der Waals surface area contributed by atoms with Gasteiger partial charge in [-0.2, -0.15) is 13.9 Å². The third-order valence-electron chi connectivity index (χ3n) is 5.11. The van der Waals surface area contributed by atoms with Crippen molar-refractivity contribution in [2.75, 3.05) is 18.4 Å². The van der Waals surface area contributed by atoms with E-state index < -0.39 is 23.7 Å². The standard InChI is InChI=1S/C21H20Cl2F2N7O2/c22-13-4-5-15-14(9-13)16(30-29-15)10-26-6-8-31-18(23)11-27-19(20(31)33)28-12-21(24,25)17-3-1-2-7-32(17)34/h1-5,7,9,11,26,34H,6,8,10,12H2,(H,27,28)(H,29,30)/q+1. The van der Waals surface area contributed by atoms with E-state index in [1.807, 2.05) is 12.1 Å². The van der Waals surface area contributed by atoms with Crippen molar-refractivity contribution in [3.05, 3.63) is 80.7 Å². The van der Waals surface area contributed by atoms with Crippen LogP contribution in [0.5, 0.6) is 0 Å². The Bertz CT molecular complexity index is 1380. The molecule has 0 aliphatic heterocycles. The number of fused-ring (bicyclic) bond motifs is 1. The number of rotatable bonds is 9. The molecule has 0 amide bonds. The van der Waals surface area contributed by atoms with Gasteiger partial charge in [-0.15, -0.1) is 0 Å². The van der Waals surface area contributed by atoms with Crippen LogP contribution >= 0.6 is 23.2 Å². The van der Waals surface area contributed by atoms with Gasteiger partial charge < -0.3 is 10.6 Å². The number of hydrogen-bond donors (Lipinski definition) is 4. The second kappa shape index (κ2) is 9.92. The van der Waals surface area contributed by atoms with Gasteiger partial charge >= 0.3 is 11.6 Å². The van der Waals surface area contributed by atoms with Gasteiger partial charge in [0.25, 0.3) is 5.56 Å². The molecule has 178 valence electrons. The fraction of sp³-hybridized carbons (Fsp3) is 0.238. The number of nitrogens with zero attached hydrogens (tertiary/aromatic N) is 4. The summed E-state index contributed by atoms with van der Waals surface area (Å²) in [4.78, 5) is 16.6. The molecule has 0 aliphatic carbocycles. The first-order valence-corrected chi connectivity index (χ1v) is 10.9. The highest BCUT2D eigenvalue weighted by molar-refractivity contribution is 6.31. The largest absolute Gasteiger partial charge is 0.359 e. The zero-order valence-electron chi connectivity index (χ0n) is 17.6. The van der Waals surface area contributed by atoms with Gasteiger partial charge in [0.2, 0.25) is 6.20 Å². The van der Waals surface area contributed by atoms with Gasteiger partial charge in [-0.05, 0) is 24.3 Å². The van der Waals surface area contributed by atoms with Crippen molar-refractivity contribution in [2.45, 2.75) is 19.0 Å². The first kappa shape index (κ1) is 23.9. The molecule has 13 heteroatoms. The van der Waals surface area contributed by atoms with Crippen molar-refractivity contribution < 1.29 is 18.7 Å². The smallest absolute Gasteiger partial charge is 0.351 e. The van der Waals surface area contributed by atoms with E-state index in [-0.39, 0.29) is 17.5 Å². The van der Waals surface area contributed by atoms with Gasteiger partial charge in [-0.3, -0.25) is 19.7 Å². The minimum atomic E-state index is -3.47. The monoisotopic (exact) mass is 510 g/mol. The molecule has 0 aliphatic rings. The fourth-order valence-electron chi connectivity index (χ4n) is 3.38. The van der Waals surface area contributed by atoms with E-state index in [4.69, 9.17) is 23.2 Å². The molecule has 3 aromatic heterocycles. The third-order valence-corrected chi connectivity index (χ3v) is 5.64. The molecule has 4 N–H and O–H groups in total. The van der Waals surface area contributed by atoms with Crippen molar-refractivity contribution in [1.82, 2.24) is 25.1 Å². The summed E-state index contributed by atoms with van der Waals surface area (Å²) >= 11 is 12.2. The lowest BCUT2D eigenvalue weighted by atomic mass is 10.2. The highest BCUT2D eigenvalue weighted by atomic mass is 35.5. The number of hydrogen-bond acceptors (Lipinski definition) is 6. The molecule has 4 rings (SSSR count). The highest BCUT2D eigenvalue weighted by Crippen LogP contribution is 2.25. The molecule has 4 aromatic rings. The van der Waals surface area contributed by atoms with Crippen LogP contribution in [-0.2, 0) is 19.0 Å². The molecule has 0 saturated heterocycles. The maximum atomic E-state index is 14.5. The molecule has 34 heavy (non-hydrogen) atoms. The number of aromatic amines is 1. The van der Waals surface area contributed by atoms with Crippen LogP contribution in [0.25, 0.3) is 10.9 Å². The van der Waals surface area contributed by atoms with E-state index in [2.05, 4.69) is 25.8 Å². The maximum absolute atomic E-state index is 14.5. The Morgan fingerprint density at radius 1 is 1.24 bits per heavy atom. The SMILES string of the molecule is O=c1c(NCC(F)(F)c2cccc[n+]2O)ncc(Cl)n1CCNCc1[nH]nc2ccc(Cl)cc12. The van der Waals surface area contributed by atoms with Crippen LogP contribution in [0.1, 0.15) is 11.4 Å². The molecule has 0 spiro atoms. The summed E-state index contributed by atoms with van der Waals surface area (Å²) in [6, 6.07) is 9.23. The topological polar surface area (TPSA) is 112 Å². The van der Waals surface area contributed by atoms with Gasteiger partial charge in [-0.25, -0.2) is 4.98 Å². The number of H-pyrrole nitrogens is 1. The number of alkyl halides is 2. The van der Waals surface area contributed by atoms with Crippen LogP contribution in [0.3, 0.4) is 0 Å². The maximum Gasteiger partial charge on any atom is 0.351 e. The Morgan fingerprint density at radius 3 is 2.85 bits per heavy atom. The summed E-state index contributed by atoms with van der Waals surface area (Å²) in [5.41, 5.74) is 0.337. The molecule has 0 saturated carbocycles. The average Bonchev–Trinajstić information content (AvgIpc) is 3.20. The molecule has 0 atom stereocenters.